The molecule has 0 spiro atoms. The van der Waals surface area contributed by atoms with Crippen molar-refractivity contribution < 1.29 is 4.39 Å². The molecule has 0 nitrogen and oxygen atoms in total. The van der Waals surface area contributed by atoms with E-state index >= 15 is 0 Å². The van der Waals surface area contributed by atoms with Crippen LogP contribution in [-0.2, 0) is 0 Å². The number of halogens is 1. The molecule has 0 N–H and O–H groups in total. The Labute approximate surface area is 82.4 Å². The van der Waals surface area contributed by atoms with Gasteiger partial charge >= 0.3 is 0 Å². The quantitative estimate of drug-likeness (QED) is 0.637. The predicted molar refractivity (Wildman–Crippen MR) is 56.2 cm³/mol. The summed E-state index contributed by atoms with van der Waals surface area (Å²) in [7, 11) is 0. The Morgan fingerprint density at radius 3 is 2.43 bits per heavy atom. The second-order valence-corrected chi connectivity index (χ2v) is 3.96. The fourth-order valence-electron chi connectivity index (χ4n) is 1.95. The zero-order valence-corrected chi connectivity index (χ0v) is 7.78. The van der Waals surface area contributed by atoms with Crippen LogP contribution in [0.2, 0.25) is 0 Å². The molecule has 3 rings (SSSR count). The molecule has 1 heteroatoms. The van der Waals surface area contributed by atoms with E-state index < -0.39 is 6.17 Å². The van der Waals surface area contributed by atoms with Crippen molar-refractivity contribution in [1.82, 2.24) is 0 Å². The topological polar surface area (TPSA) is 0 Å². The van der Waals surface area contributed by atoms with Crippen molar-refractivity contribution in [2.75, 3.05) is 0 Å². The summed E-state index contributed by atoms with van der Waals surface area (Å²) < 4.78 is 12.9. The van der Waals surface area contributed by atoms with Crippen LogP contribution in [0.3, 0.4) is 0 Å². The maximum absolute atomic E-state index is 12.9. The smallest absolute Gasteiger partial charge is 0.108 e. The predicted octanol–water partition coefficient (Wildman–Crippen LogP) is 3.67. The van der Waals surface area contributed by atoms with Crippen molar-refractivity contribution in [3.8, 4) is 0 Å². The summed E-state index contributed by atoms with van der Waals surface area (Å²) in [5.41, 5.74) is 1.15. The van der Waals surface area contributed by atoms with Crippen molar-refractivity contribution in [3.63, 3.8) is 0 Å². The van der Waals surface area contributed by atoms with Gasteiger partial charge in [-0.15, -0.1) is 0 Å². The minimum atomic E-state index is -0.601. The number of hydrogen-bond acceptors (Lipinski definition) is 0. The van der Waals surface area contributed by atoms with Gasteiger partial charge in [-0.25, -0.2) is 4.39 Å². The zero-order valence-electron chi connectivity index (χ0n) is 7.78. The second-order valence-electron chi connectivity index (χ2n) is 3.96. The Morgan fingerprint density at radius 1 is 1.00 bits per heavy atom. The van der Waals surface area contributed by atoms with Crippen molar-refractivity contribution in [2.45, 2.75) is 18.5 Å². The molecule has 0 unspecified atom stereocenters. The number of benzene rings is 2. The normalized spacial score (nSPS) is 25.2. The SMILES string of the molecule is F[C@H]1C[C@H]1c1ccc2ccccc2c1. The summed E-state index contributed by atoms with van der Waals surface area (Å²) in [5.74, 6) is 0.166. The van der Waals surface area contributed by atoms with Gasteiger partial charge in [0, 0.05) is 5.92 Å². The van der Waals surface area contributed by atoms with Crippen molar-refractivity contribution in [3.05, 3.63) is 48.0 Å². The first-order chi connectivity index (χ1) is 6.84. The van der Waals surface area contributed by atoms with Crippen molar-refractivity contribution in [2.24, 2.45) is 0 Å². The van der Waals surface area contributed by atoms with E-state index in [1.54, 1.807) is 0 Å². The van der Waals surface area contributed by atoms with E-state index in [1.807, 2.05) is 18.2 Å². The highest BCUT2D eigenvalue weighted by atomic mass is 19.1. The average molecular weight is 186 g/mol. The van der Waals surface area contributed by atoms with Crippen molar-refractivity contribution in [1.29, 1.82) is 0 Å². The summed E-state index contributed by atoms with van der Waals surface area (Å²) in [6.45, 7) is 0. The highest BCUT2D eigenvalue weighted by Gasteiger charge is 2.38. The average Bonchev–Trinajstić information content (AvgIpc) is 2.95. The molecule has 0 bridgehead atoms. The molecule has 2 aromatic rings. The Kier molecular flexibility index (Phi) is 1.60. The number of hydrogen-bond donors (Lipinski definition) is 0. The lowest BCUT2D eigenvalue weighted by atomic mass is 10.0. The second kappa shape index (κ2) is 2.81. The van der Waals surface area contributed by atoms with Gasteiger partial charge in [-0.1, -0.05) is 42.5 Å². The Balaban J connectivity index is 2.11. The van der Waals surface area contributed by atoms with Crippen molar-refractivity contribution >= 4 is 10.8 Å². The molecular weight excluding hydrogens is 175 g/mol. The fraction of sp³-hybridized carbons (Fsp3) is 0.231. The highest BCUT2D eigenvalue weighted by molar-refractivity contribution is 5.83. The summed E-state index contributed by atoms with van der Waals surface area (Å²) in [4.78, 5) is 0. The molecule has 1 fully saturated rings. The van der Waals surface area contributed by atoms with Gasteiger partial charge in [0.25, 0.3) is 0 Å². The number of rotatable bonds is 1. The monoisotopic (exact) mass is 186 g/mol. The summed E-state index contributed by atoms with van der Waals surface area (Å²) in [6, 6.07) is 14.4. The molecule has 1 saturated carbocycles. The molecular formula is C13H11F. The first-order valence-electron chi connectivity index (χ1n) is 4.97. The molecule has 0 saturated heterocycles. The summed E-state index contributed by atoms with van der Waals surface area (Å²) in [6.07, 6.45) is 0.106. The van der Waals surface area contributed by atoms with Gasteiger partial charge in [0.2, 0.25) is 0 Å². The third-order valence-electron chi connectivity index (χ3n) is 2.91. The van der Waals surface area contributed by atoms with Crippen LogP contribution < -0.4 is 0 Å². The minimum absolute atomic E-state index is 0.166. The molecule has 0 radical (unpaired) electrons. The molecule has 2 aromatic carbocycles. The molecule has 2 atom stereocenters. The third kappa shape index (κ3) is 1.20. The van der Waals surface area contributed by atoms with Crippen LogP contribution in [0.15, 0.2) is 42.5 Å². The molecule has 0 aliphatic heterocycles. The minimum Gasteiger partial charge on any atom is -0.247 e. The van der Waals surface area contributed by atoms with Crippen LogP contribution in [-0.4, -0.2) is 6.17 Å². The van der Waals surface area contributed by atoms with E-state index in [1.165, 1.54) is 10.8 Å². The van der Waals surface area contributed by atoms with Crippen LogP contribution in [0.25, 0.3) is 10.8 Å². The fourth-order valence-corrected chi connectivity index (χ4v) is 1.95. The van der Waals surface area contributed by atoms with E-state index in [2.05, 4.69) is 24.3 Å². The Morgan fingerprint density at radius 2 is 1.71 bits per heavy atom. The highest BCUT2D eigenvalue weighted by Crippen LogP contribution is 2.43. The van der Waals surface area contributed by atoms with E-state index in [-0.39, 0.29) is 5.92 Å². The van der Waals surface area contributed by atoms with Crippen LogP contribution in [0, 0.1) is 0 Å². The van der Waals surface area contributed by atoms with Crippen LogP contribution in [0.4, 0.5) is 4.39 Å². The van der Waals surface area contributed by atoms with Gasteiger partial charge in [0.05, 0.1) is 0 Å². The largest absolute Gasteiger partial charge is 0.247 e. The first-order valence-corrected chi connectivity index (χ1v) is 4.97. The Bertz CT molecular complexity index is 475. The van der Waals surface area contributed by atoms with E-state index in [0.717, 1.165) is 5.56 Å². The zero-order chi connectivity index (χ0) is 9.54. The van der Waals surface area contributed by atoms with Gasteiger partial charge in [0.15, 0.2) is 0 Å². The third-order valence-corrected chi connectivity index (χ3v) is 2.91. The molecule has 14 heavy (non-hydrogen) atoms. The molecule has 0 amide bonds. The number of alkyl halides is 1. The maximum Gasteiger partial charge on any atom is 0.108 e. The van der Waals surface area contributed by atoms with Gasteiger partial charge in [0.1, 0.15) is 6.17 Å². The van der Waals surface area contributed by atoms with Gasteiger partial charge in [-0.2, -0.15) is 0 Å². The molecule has 1 aliphatic carbocycles. The van der Waals surface area contributed by atoms with Gasteiger partial charge in [-0.05, 0) is 22.8 Å². The van der Waals surface area contributed by atoms with Gasteiger partial charge < -0.3 is 0 Å². The van der Waals surface area contributed by atoms with E-state index in [9.17, 15) is 4.39 Å². The Hall–Kier alpha value is -1.37. The summed E-state index contributed by atoms with van der Waals surface area (Å²) >= 11 is 0. The van der Waals surface area contributed by atoms with Crippen LogP contribution in [0.1, 0.15) is 17.9 Å². The van der Waals surface area contributed by atoms with E-state index in [0.29, 0.717) is 6.42 Å². The van der Waals surface area contributed by atoms with Crippen LogP contribution >= 0.6 is 0 Å². The maximum atomic E-state index is 12.9. The number of fused-ring (bicyclic) bond motifs is 1. The van der Waals surface area contributed by atoms with Crippen LogP contribution in [0.5, 0.6) is 0 Å². The molecule has 0 heterocycles. The molecule has 70 valence electrons. The van der Waals surface area contributed by atoms with Gasteiger partial charge in [-0.3, -0.25) is 0 Å². The summed E-state index contributed by atoms with van der Waals surface area (Å²) in [5, 5.41) is 2.44. The lowest BCUT2D eigenvalue weighted by Crippen LogP contribution is -1.82. The lowest BCUT2D eigenvalue weighted by molar-refractivity contribution is 0.468. The molecule has 0 aromatic heterocycles. The van der Waals surface area contributed by atoms with E-state index in [4.69, 9.17) is 0 Å². The molecule has 1 aliphatic rings. The standard InChI is InChI=1S/C13H11F/c14-13-8-12(13)11-6-5-9-3-1-2-4-10(9)7-11/h1-7,12-13H,8H2/t12-,13-/m0/s1. The lowest BCUT2D eigenvalue weighted by Gasteiger charge is -2.01. The first kappa shape index (κ1) is 7.98.